The molecule has 0 amide bonds. The van der Waals surface area contributed by atoms with Crippen LogP contribution >= 0.6 is 0 Å². The van der Waals surface area contributed by atoms with Crippen molar-refractivity contribution in [2.24, 2.45) is 5.92 Å². The van der Waals surface area contributed by atoms with Gasteiger partial charge in [0.15, 0.2) is 0 Å². The van der Waals surface area contributed by atoms with Gasteiger partial charge in [0.2, 0.25) is 0 Å². The summed E-state index contributed by atoms with van der Waals surface area (Å²) in [6.45, 7) is 4.32. The minimum absolute atomic E-state index is 0.374. The summed E-state index contributed by atoms with van der Waals surface area (Å²) in [5.41, 5.74) is 7.78. The largest absolute Gasteiger partial charge is 0.465 e. The monoisotopic (exact) mass is 248 g/mol. The first-order chi connectivity index (χ1) is 8.65. The van der Waals surface area contributed by atoms with E-state index in [1.165, 1.54) is 20.0 Å². The van der Waals surface area contributed by atoms with E-state index in [2.05, 4.69) is 11.8 Å². The van der Waals surface area contributed by atoms with Crippen LogP contribution in [0, 0.1) is 5.92 Å². The predicted octanol–water partition coefficient (Wildman–Crippen LogP) is 2.29. The first-order valence-electron chi connectivity index (χ1n) is 6.38. The molecule has 98 valence electrons. The van der Waals surface area contributed by atoms with Gasteiger partial charge in [0.25, 0.3) is 0 Å². The molecule has 18 heavy (non-hydrogen) atoms. The van der Waals surface area contributed by atoms with Crippen LogP contribution in [-0.4, -0.2) is 26.2 Å². The zero-order valence-electron chi connectivity index (χ0n) is 11.0. The molecule has 1 fully saturated rings. The van der Waals surface area contributed by atoms with E-state index in [9.17, 15) is 4.79 Å². The van der Waals surface area contributed by atoms with Crippen molar-refractivity contribution in [1.29, 1.82) is 0 Å². The lowest BCUT2D eigenvalue weighted by Crippen LogP contribution is -2.20. The van der Waals surface area contributed by atoms with Crippen molar-refractivity contribution in [1.82, 2.24) is 0 Å². The number of hydrogen-bond acceptors (Lipinski definition) is 4. The Kier molecular flexibility index (Phi) is 3.75. The van der Waals surface area contributed by atoms with Gasteiger partial charge in [0.1, 0.15) is 0 Å². The Labute approximate surface area is 108 Å². The van der Waals surface area contributed by atoms with Crippen LogP contribution in [0.15, 0.2) is 18.2 Å². The molecule has 1 aromatic rings. The second-order valence-corrected chi connectivity index (χ2v) is 4.77. The smallest absolute Gasteiger partial charge is 0.340 e. The van der Waals surface area contributed by atoms with Gasteiger partial charge in [-0.15, -0.1) is 0 Å². The standard InChI is InChI=1S/C14H20N2O2/c1-3-10-6-7-16(9-10)11-4-5-13(15)12(8-11)14(17)18-2/h4-5,8,10H,3,6-7,9,15H2,1-2H3. The highest BCUT2D eigenvalue weighted by atomic mass is 16.5. The van der Waals surface area contributed by atoms with Gasteiger partial charge in [0, 0.05) is 24.5 Å². The molecule has 1 aliphatic rings. The molecule has 1 aliphatic heterocycles. The third-order valence-corrected chi connectivity index (χ3v) is 3.67. The van der Waals surface area contributed by atoms with Crippen LogP contribution in [0.2, 0.25) is 0 Å². The second kappa shape index (κ2) is 5.29. The van der Waals surface area contributed by atoms with E-state index < -0.39 is 0 Å². The summed E-state index contributed by atoms with van der Waals surface area (Å²) in [6.07, 6.45) is 2.42. The topological polar surface area (TPSA) is 55.6 Å². The van der Waals surface area contributed by atoms with Crippen LogP contribution in [0.25, 0.3) is 0 Å². The summed E-state index contributed by atoms with van der Waals surface area (Å²) < 4.78 is 4.74. The van der Waals surface area contributed by atoms with Crippen molar-refractivity contribution >= 4 is 17.3 Å². The van der Waals surface area contributed by atoms with Gasteiger partial charge in [-0.3, -0.25) is 0 Å². The molecule has 0 radical (unpaired) electrons. The molecule has 1 saturated heterocycles. The molecule has 4 nitrogen and oxygen atoms in total. The van der Waals surface area contributed by atoms with Crippen molar-refractivity contribution in [3.8, 4) is 0 Å². The third kappa shape index (κ3) is 2.42. The Morgan fingerprint density at radius 2 is 2.33 bits per heavy atom. The SMILES string of the molecule is CCC1CCN(c2ccc(N)c(C(=O)OC)c2)C1. The number of nitrogens with two attached hydrogens (primary N) is 1. The molecule has 2 N–H and O–H groups in total. The maximum Gasteiger partial charge on any atom is 0.340 e. The normalized spacial score (nSPS) is 19.0. The highest BCUT2D eigenvalue weighted by Crippen LogP contribution is 2.28. The number of carbonyl (C=O) groups is 1. The molecule has 0 aromatic heterocycles. The highest BCUT2D eigenvalue weighted by Gasteiger charge is 2.22. The summed E-state index contributed by atoms with van der Waals surface area (Å²) in [6, 6.07) is 5.58. The Bertz CT molecular complexity index is 445. The van der Waals surface area contributed by atoms with E-state index in [0.29, 0.717) is 11.3 Å². The van der Waals surface area contributed by atoms with Crippen LogP contribution in [-0.2, 0) is 4.74 Å². The van der Waals surface area contributed by atoms with Gasteiger partial charge in [-0.2, -0.15) is 0 Å². The number of carbonyl (C=O) groups excluding carboxylic acids is 1. The summed E-state index contributed by atoms with van der Waals surface area (Å²) in [4.78, 5) is 13.9. The molecule has 1 unspecified atom stereocenters. The van der Waals surface area contributed by atoms with Crippen molar-refractivity contribution in [3.63, 3.8) is 0 Å². The van der Waals surface area contributed by atoms with Crippen molar-refractivity contribution < 1.29 is 9.53 Å². The minimum Gasteiger partial charge on any atom is -0.465 e. The van der Waals surface area contributed by atoms with Crippen LogP contribution in [0.4, 0.5) is 11.4 Å². The predicted molar refractivity (Wildman–Crippen MR) is 72.8 cm³/mol. The molecule has 0 saturated carbocycles. The molecule has 0 bridgehead atoms. The van der Waals surface area contributed by atoms with Crippen LogP contribution in [0.3, 0.4) is 0 Å². The first kappa shape index (κ1) is 12.7. The molecule has 2 rings (SSSR count). The Morgan fingerprint density at radius 1 is 1.56 bits per heavy atom. The number of nitrogens with zero attached hydrogens (tertiary/aromatic N) is 1. The first-order valence-corrected chi connectivity index (χ1v) is 6.38. The lowest BCUT2D eigenvalue weighted by Gasteiger charge is -2.19. The number of hydrogen-bond donors (Lipinski definition) is 1. The van der Waals surface area contributed by atoms with E-state index in [-0.39, 0.29) is 5.97 Å². The summed E-state index contributed by atoms with van der Waals surface area (Å²) >= 11 is 0. The summed E-state index contributed by atoms with van der Waals surface area (Å²) in [5, 5.41) is 0. The maximum absolute atomic E-state index is 11.6. The average Bonchev–Trinajstić information content (AvgIpc) is 2.87. The third-order valence-electron chi connectivity index (χ3n) is 3.67. The summed E-state index contributed by atoms with van der Waals surface area (Å²) in [5.74, 6) is 0.379. The van der Waals surface area contributed by atoms with Gasteiger partial charge >= 0.3 is 5.97 Å². The lowest BCUT2D eigenvalue weighted by atomic mass is 10.1. The van der Waals surface area contributed by atoms with E-state index in [4.69, 9.17) is 10.5 Å². The van der Waals surface area contributed by atoms with Crippen molar-refractivity contribution in [2.75, 3.05) is 30.8 Å². The number of benzene rings is 1. The maximum atomic E-state index is 11.6. The fourth-order valence-corrected chi connectivity index (χ4v) is 2.43. The van der Waals surface area contributed by atoms with Gasteiger partial charge < -0.3 is 15.4 Å². The number of anilines is 2. The van der Waals surface area contributed by atoms with E-state index in [1.807, 2.05) is 12.1 Å². The number of nitrogen functional groups attached to an aromatic ring is 1. The molecule has 1 heterocycles. The lowest BCUT2D eigenvalue weighted by molar-refractivity contribution is 0.0602. The zero-order chi connectivity index (χ0) is 13.1. The van der Waals surface area contributed by atoms with Gasteiger partial charge in [-0.1, -0.05) is 13.3 Å². The Hall–Kier alpha value is -1.71. The van der Waals surface area contributed by atoms with Gasteiger partial charge in [-0.05, 0) is 30.5 Å². The minimum atomic E-state index is -0.374. The fraction of sp³-hybridized carbons (Fsp3) is 0.500. The van der Waals surface area contributed by atoms with Crippen molar-refractivity contribution in [2.45, 2.75) is 19.8 Å². The molecule has 0 aliphatic carbocycles. The van der Waals surface area contributed by atoms with Gasteiger partial charge in [0.05, 0.1) is 12.7 Å². The van der Waals surface area contributed by atoms with Crippen molar-refractivity contribution in [3.05, 3.63) is 23.8 Å². The number of esters is 1. The fourth-order valence-electron chi connectivity index (χ4n) is 2.43. The highest BCUT2D eigenvalue weighted by molar-refractivity contribution is 5.96. The molecular weight excluding hydrogens is 228 g/mol. The van der Waals surface area contributed by atoms with Crippen LogP contribution in [0.1, 0.15) is 30.1 Å². The summed E-state index contributed by atoms with van der Waals surface area (Å²) in [7, 11) is 1.37. The zero-order valence-corrected chi connectivity index (χ0v) is 11.0. The Balaban J connectivity index is 2.22. The Morgan fingerprint density at radius 3 is 2.94 bits per heavy atom. The van der Waals surface area contributed by atoms with E-state index in [1.54, 1.807) is 6.07 Å². The van der Waals surface area contributed by atoms with E-state index >= 15 is 0 Å². The number of ether oxygens (including phenoxy) is 1. The molecule has 4 heteroatoms. The molecular formula is C14H20N2O2. The quantitative estimate of drug-likeness (QED) is 0.658. The number of methoxy groups -OCH3 is 1. The van der Waals surface area contributed by atoms with Crippen LogP contribution < -0.4 is 10.6 Å². The van der Waals surface area contributed by atoms with Gasteiger partial charge in [-0.25, -0.2) is 4.79 Å². The molecule has 0 spiro atoms. The molecule has 1 aromatic carbocycles. The van der Waals surface area contributed by atoms with Crippen LogP contribution in [0.5, 0.6) is 0 Å². The number of rotatable bonds is 3. The average molecular weight is 248 g/mol. The molecule has 1 atom stereocenters. The van der Waals surface area contributed by atoms with E-state index in [0.717, 1.165) is 24.7 Å². The second-order valence-electron chi connectivity index (χ2n) is 4.77.